The van der Waals surface area contributed by atoms with Crippen LogP contribution in [0.3, 0.4) is 0 Å². The van der Waals surface area contributed by atoms with Crippen molar-refractivity contribution in [1.29, 1.82) is 0 Å². The number of rotatable bonds is 10. The maximum atomic E-state index is 13.9. The van der Waals surface area contributed by atoms with Gasteiger partial charge in [0.05, 0.1) is 12.2 Å². The highest BCUT2D eigenvalue weighted by molar-refractivity contribution is 5.78. The molecule has 0 aliphatic heterocycles. The van der Waals surface area contributed by atoms with E-state index in [0.29, 0.717) is 24.3 Å². The van der Waals surface area contributed by atoms with E-state index in [9.17, 15) is 4.79 Å². The number of benzene rings is 1. The van der Waals surface area contributed by atoms with Crippen LogP contribution in [0.5, 0.6) is 0 Å². The fraction of sp³-hybridized carbons (Fsp3) is 0.500. The zero-order valence-electron chi connectivity index (χ0n) is 22.6. The third-order valence-electron chi connectivity index (χ3n) is 7.96. The number of unbranched alkanes of at least 4 members (excludes halogenated alkanes) is 1. The Morgan fingerprint density at radius 2 is 1.84 bits per heavy atom. The number of aryl methyl sites for hydroxylation is 1. The molecule has 8 nitrogen and oxygen atoms in total. The number of aromatic nitrogens is 7. The molecular formula is C30H39N7O. The molecule has 0 bridgehead atoms. The Morgan fingerprint density at radius 1 is 1.00 bits per heavy atom. The van der Waals surface area contributed by atoms with Crippen molar-refractivity contribution in [3.63, 3.8) is 0 Å². The van der Waals surface area contributed by atoms with Crippen LogP contribution in [0.25, 0.3) is 22.6 Å². The first-order chi connectivity index (χ1) is 18.7. The van der Waals surface area contributed by atoms with E-state index in [4.69, 9.17) is 4.98 Å². The molecule has 2 unspecified atom stereocenters. The molecule has 200 valence electrons. The van der Waals surface area contributed by atoms with Crippen LogP contribution in [0.15, 0.2) is 53.6 Å². The summed E-state index contributed by atoms with van der Waals surface area (Å²) in [4.78, 5) is 18.6. The SMILES string of the molecule is CCCCc1cn(C2CCCCCC2CCC)c(=O)n1Cc1ccc(-c2ccccc2-c2nn[nH]n2)nc1. The van der Waals surface area contributed by atoms with E-state index < -0.39 is 0 Å². The largest absolute Gasteiger partial charge is 0.328 e. The van der Waals surface area contributed by atoms with E-state index >= 15 is 0 Å². The first-order valence-corrected chi connectivity index (χ1v) is 14.3. The van der Waals surface area contributed by atoms with Gasteiger partial charge in [-0.1, -0.05) is 76.3 Å². The van der Waals surface area contributed by atoms with Gasteiger partial charge in [-0.05, 0) is 54.9 Å². The highest BCUT2D eigenvalue weighted by Gasteiger charge is 2.27. The molecule has 1 N–H and O–H groups in total. The lowest BCUT2D eigenvalue weighted by Crippen LogP contribution is -2.31. The third kappa shape index (κ3) is 5.64. The van der Waals surface area contributed by atoms with Gasteiger partial charge in [-0.15, -0.1) is 10.2 Å². The second-order valence-electron chi connectivity index (χ2n) is 10.6. The predicted octanol–water partition coefficient (Wildman–Crippen LogP) is 6.20. The summed E-state index contributed by atoms with van der Waals surface area (Å²) in [5.74, 6) is 1.13. The number of tetrazole rings is 1. The number of aromatic amines is 1. The van der Waals surface area contributed by atoms with Gasteiger partial charge in [0.25, 0.3) is 0 Å². The summed E-state index contributed by atoms with van der Waals surface area (Å²) in [5.41, 5.74) is 4.96. The number of imidazole rings is 1. The average Bonchev–Trinajstić information content (AvgIpc) is 3.52. The van der Waals surface area contributed by atoms with Crippen molar-refractivity contribution < 1.29 is 0 Å². The third-order valence-corrected chi connectivity index (χ3v) is 7.96. The van der Waals surface area contributed by atoms with Gasteiger partial charge >= 0.3 is 5.69 Å². The van der Waals surface area contributed by atoms with Crippen LogP contribution in [0, 0.1) is 5.92 Å². The van der Waals surface area contributed by atoms with Crippen molar-refractivity contribution in [2.24, 2.45) is 5.92 Å². The molecule has 1 fully saturated rings. The topological polar surface area (TPSA) is 94.3 Å². The number of H-pyrrole nitrogens is 1. The molecule has 2 atom stereocenters. The van der Waals surface area contributed by atoms with Crippen molar-refractivity contribution in [3.8, 4) is 22.6 Å². The Kier molecular flexibility index (Phi) is 8.46. The lowest BCUT2D eigenvalue weighted by atomic mass is 9.90. The van der Waals surface area contributed by atoms with Crippen LogP contribution < -0.4 is 5.69 Å². The molecule has 0 saturated heterocycles. The smallest absolute Gasteiger partial charge is 0.296 e. The van der Waals surface area contributed by atoms with Crippen LogP contribution in [-0.2, 0) is 13.0 Å². The second kappa shape index (κ2) is 12.3. The van der Waals surface area contributed by atoms with Gasteiger partial charge in [0.2, 0.25) is 5.82 Å². The molecule has 3 aromatic heterocycles. The molecule has 0 amide bonds. The Hall–Kier alpha value is -3.55. The molecule has 1 aliphatic rings. The highest BCUT2D eigenvalue weighted by Crippen LogP contribution is 2.35. The van der Waals surface area contributed by atoms with E-state index in [0.717, 1.165) is 53.8 Å². The van der Waals surface area contributed by atoms with Gasteiger partial charge in [-0.2, -0.15) is 5.21 Å². The molecule has 0 radical (unpaired) electrons. The second-order valence-corrected chi connectivity index (χ2v) is 10.6. The maximum absolute atomic E-state index is 13.9. The molecule has 5 rings (SSSR count). The quantitative estimate of drug-likeness (QED) is 0.255. The monoisotopic (exact) mass is 513 g/mol. The summed E-state index contributed by atoms with van der Waals surface area (Å²) in [6.45, 7) is 5.01. The first kappa shape index (κ1) is 26.1. The van der Waals surface area contributed by atoms with Crippen molar-refractivity contribution in [2.75, 3.05) is 0 Å². The number of pyridine rings is 1. The van der Waals surface area contributed by atoms with Gasteiger partial charge in [-0.25, -0.2) is 4.79 Å². The fourth-order valence-electron chi connectivity index (χ4n) is 5.99. The predicted molar refractivity (Wildman–Crippen MR) is 150 cm³/mol. The van der Waals surface area contributed by atoms with Crippen LogP contribution in [0.1, 0.15) is 88.9 Å². The molecule has 38 heavy (non-hydrogen) atoms. The lowest BCUT2D eigenvalue weighted by Gasteiger charge is -2.25. The zero-order chi connectivity index (χ0) is 26.3. The van der Waals surface area contributed by atoms with Crippen molar-refractivity contribution in [2.45, 2.75) is 90.6 Å². The van der Waals surface area contributed by atoms with Gasteiger partial charge in [0, 0.05) is 35.3 Å². The molecule has 1 saturated carbocycles. The summed E-state index contributed by atoms with van der Waals surface area (Å²) >= 11 is 0. The average molecular weight is 514 g/mol. The molecule has 0 spiro atoms. The van der Waals surface area contributed by atoms with Gasteiger partial charge in [-0.3, -0.25) is 14.1 Å². The summed E-state index contributed by atoms with van der Waals surface area (Å²) in [6.07, 6.45) is 15.7. The summed E-state index contributed by atoms with van der Waals surface area (Å²) in [7, 11) is 0. The number of hydrogen-bond donors (Lipinski definition) is 1. The van der Waals surface area contributed by atoms with Gasteiger partial charge in [0.1, 0.15) is 0 Å². The lowest BCUT2D eigenvalue weighted by molar-refractivity contribution is 0.284. The molecule has 1 aliphatic carbocycles. The summed E-state index contributed by atoms with van der Waals surface area (Å²) < 4.78 is 4.09. The Morgan fingerprint density at radius 3 is 2.58 bits per heavy atom. The van der Waals surface area contributed by atoms with E-state index in [-0.39, 0.29) is 5.69 Å². The number of nitrogens with one attached hydrogen (secondary N) is 1. The van der Waals surface area contributed by atoms with E-state index in [2.05, 4.69) is 51.3 Å². The molecular weight excluding hydrogens is 474 g/mol. The van der Waals surface area contributed by atoms with E-state index in [1.54, 1.807) is 0 Å². The standard InChI is InChI=1S/C30H39N7O/c1-3-5-13-24-21-37(28-16-8-6-7-12-23(28)11-4-2)30(38)36(24)20-22-17-18-27(31-19-22)25-14-9-10-15-26(25)29-32-34-35-33-29/h9-10,14-15,17-19,21,23,28H,3-8,11-13,16,20H2,1-2H3,(H,32,33,34,35). The molecule has 8 heteroatoms. The minimum atomic E-state index is 0.135. The molecule has 1 aromatic carbocycles. The maximum Gasteiger partial charge on any atom is 0.328 e. The van der Waals surface area contributed by atoms with E-state index in [1.807, 2.05) is 41.1 Å². The highest BCUT2D eigenvalue weighted by atomic mass is 16.1. The van der Waals surface area contributed by atoms with Gasteiger partial charge < -0.3 is 0 Å². The van der Waals surface area contributed by atoms with Crippen molar-refractivity contribution >= 4 is 0 Å². The fourth-order valence-corrected chi connectivity index (χ4v) is 5.99. The first-order valence-electron chi connectivity index (χ1n) is 14.3. The zero-order valence-corrected chi connectivity index (χ0v) is 22.6. The van der Waals surface area contributed by atoms with Crippen LogP contribution in [0.4, 0.5) is 0 Å². The number of hydrogen-bond acceptors (Lipinski definition) is 5. The number of nitrogens with zero attached hydrogens (tertiary/aromatic N) is 6. The van der Waals surface area contributed by atoms with Crippen LogP contribution >= 0.6 is 0 Å². The normalized spacial score (nSPS) is 17.9. The van der Waals surface area contributed by atoms with Crippen molar-refractivity contribution in [1.82, 2.24) is 34.7 Å². The van der Waals surface area contributed by atoms with Gasteiger partial charge in [0.15, 0.2) is 0 Å². The van der Waals surface area contributed by atoms with Crippen LogP contribution in [-0.4, -0.2) is 34.7 Å². The van der Waals surface area contributed by atoms with Crippen LogP contribution in [0.2, 0.25) is 0 Å². The van der Waals surface area contributed by atoms with E-state index in [1.165, 1.54) is 38.5 Å². The van der Waals surface area contributed by atoms with Crippen molar-refractivity contribution in [3.05, 3.63) is 70.5 Å². The summed E-state index contributed by atoms with van der Waals surface area (Å²) in [5, 5.41) is 14.5. The Bertz CT molecular complexity index is 1350. The molecule has 3 heterocycles. The molecule has 4 aromatic rings. The summed E-state index contributed by atoms with van der Waals surface area (Å²) in [6, 6.07) is 12.3. The Labute approximate surface area is 224 Å². The minimum absolute atomic E-state index is 0.135. The minimum Gasteiger partial charge on any atom is -0.296 e. The Balaban J connectivity index is 1.44.